The van der Waals surface area contributed by atoms with Crippen LogP contribution in [0.15, 0.2) is 59.0 Å². The first-order valence-corrected chi connectivity index (χ1v) is 12.7. The maximum absolute atomic E-state index is 12.7. The van der Waals surface area contributed by atoms with E-state index < -0.39 is 16.2 Å². The standard InChI is InChI=1S/C25H31N3O6S/c1-5-32-24(29)18-28(35(30,31)27(3)4)17-20-10-9-13-22(16-20)33-15-14-23-19(2)34-25(26-23)21-11-7-6-8-12-21/h6-13,16H,5,14-15,17-18H2,1-4H3. The molecule has 3 rings (SSSR count). The molecule has 0 aliphatic heterocycles. The van der Waals surface area contributed by atoms with Gasteiger partial charge in [0, 0.05) is 32.6 Å². The van der Waals surface area contributed by atoms with Gasteiger partial charge in [0.25, 0.3) is 10.2 Å². The number of aromatic nitrogens is 1. The summed E-state index contributed by atoms with van der Waals surface area (Å²) in [7, 11) is -0.998. The summed E-state index contributed by atoms with van der Waals surface area (Å²) in [5.74, 6) is 1.29. The van der Waals surface area contributed by atoms with Crippen molar-refractivity contribution in [2.45, 2.75) is 26.8 Å². The van der Waals surface area contributed by atoms with Crippen LogP contribution in [0.1, 0.15) is 23.9 Å². The third-order valence-corrected chi connectivity index (χ3v) is 7.01. The third kappa shape index (κ3) is 7.14. The summed E-state index contributed by atoms with van der Waals surface area (Å²) >= 11 is 0. The molecule has 35 heavy (non-hydrogen) atoms. The van der Waals surface area contributed by atoms with Crippen molar-refractivity contribution in [2.24, 2.45) is 0 Å². The summed E-state index contributed by atoms with van der Waals surface area (Å²) in [6.07, 6.45) is 0.552. The number of aryl methyl sites for hydroxylation is 1. The molecular formula is C25H31N3O6S. The van der Waals surface area contributed by atoms with Crippen LogP contribution in [0.2, 0.25) is 0 Å². The number of benzene rings is 2. The molecule has 0 radical (unpaired) electrons. The Morgan fingerprint density at radius 3 is 2.51 bits per heavy atom. The van der Waals surface area contributed by atoms with Crippen molar-refractivity contribution in [2.75, 3.05) is 33.9 Å². The molecule has 9 nitrogen and oxygen atoms in total. The minimum atomic E-state index is -3.84. The molecule has 3 aromatic rings. The molecule has 0 unspecified atom stereocenters. The smallest absolute Gasteiger partial charge is 0.321 e. The number of hydrogen-bond acceptors (Lipinski definition) is 7. The number of ether oxygens (including phenoxy) is 2. The van der Waals surface area contributed by atoms with Gasteiger partial charge >= 0.3 is 5.97 Å². The number of oxazole rings is 1. The fourth-order valence-corrected chi connectivity index (χ4v) is 4.41. The fourth-order valence-electron chi connectivity index (χ4n) is 3.37. The number of esters is 1. The van der Waals surface area contributed by atoms with E-state index in [1.54, 1.807) is 31.2 Å². The zero-order valence-electron chi connectivity index (χ0n) is 20.4. The van der Waals surface area contributed by atoms with E-state index in [1.807, 2.05) is 37.3 Å². The molecule has 0 saturated heterocycles. The summed E-state index contributed by atoms with van der Waals surface area (Å²) in [5, 5.41) is 0. The van der Waals surface area contributed by atoms with Gasteiger partial charge in [0.1, 0.15) is 18.1 Å². The average molecular weight is 502 g/mol. The Hall–Kier alpha value is -3.21. The second-order valence-corrected chi connectivity index (χ2v) is 10.1. The maximum atomic E-state index is 12.7. The molecule has 1 aromatic heterocycles. The van der Waals surface area contributed by atoms with Crippen LogP contribution >= 0.6 is 0 Å². The lowest BCUT2D eigenvalue weighted by Crippen LogP contribution is -2.42. The van der Waals surface area contributed by atoms with Crippen molar-refractivity contribution >= 4 is 16.2 Å². The molecule has 1 heterocycles. The largest absolute Gasteiger partial charge is 0.493 e. The van der Waals surface area contributed by atoms with E-state index in [1.165, 1.54) is 14.1 Å². The zero-order valence-corrected chi connectivity index (χ0v) is 21.2. The van der Waals surface area contributed by atoms with E-state index in [2.05, 4.69) is 4.98 Å². The van der Waals surface area contributed by atoms with E-state index in [0.717, 1.165) is 25.6 Å². The molecule has 0 saturated carbocycles. The predicted molar refractivity (Wildman–Crippen MR) is 132 cm³/mol. The van der Waals surface area contributed by atoms with E-state index in [9.17, 15) is 13.2 Å². The Labute approximate surface area is 206 Å². The lowest BCUT2D eigenvalue weighted by molar-refractivity contribution is -0.143. The van der Waals surface area contributed by atoms with Crippen molar-refractivity contribution in [3.8, 4) is 17.2 Å². The van der Waals surface area contributed by atoms with Gasteiger partial charge in [-0.2, -0.15) is 17.0 Å². The third-order valence-electron chi connectivity index (χ3n) is 5.18. The molecule has 0 spiro atoms. The molecule has 0 fully saturated rings. The number of carbonyl (C=O) groups is 1. The van der Waals surface area contributed by atoms with Crippen LogP contribution in [-0.2, 0) is 32.7 Å². The number of rotatable bonds is 12. The summed E-state index contributed by atoms with van der Waals surface area (Å²) in [5.41, 5.74) is 2.41. The van der Waals surface area contributed by atoms with E-state index in [-0.39, 0.29) is 19.7 Å². The van der Waals surface area contributed by atoms with Crippen LogP contribution in [0.4, 0.5) is 0 Å². The van der Waals surface area contributed by atoms with Crippen LogP contribution in [-0.4, -0.2) is 61.8 Å². The van der Waals surface area contributed by atoms with Gasteiger partial charge in [-0.05, 0) is 43.7 Å². The van der Waals surface area contributed by atoms with Gasteiger partial charge in [-0.1, -0.05) is 30.3 Å². The highest BCUT2D eigenvalue weighted by Crippen LogP contribution is 2.22. The molecule has 0 aliphatic carbocycles. The van der Waals surface area contributed by atoms with Gasteiger partial charge in [-0.3, -0.25) is 4.79 Å². The molecule has 2 aromatic carbocycles. The monoisotopic (exact) mass is 501 g/mol. The minimum Gasteiger partial charge on any atom is -0.493 e. The van der Waals surface area contributed by atoms with E-state index in [0.29, 0.717) is 30.2 Å². The first-order chi connectivity index (χ1) is 16.7. The van der Waals surface area contributed by atoms with Crippen LogP contribution < -0.4 is 4.74 Å². The Kier molecular flexibility index (Phi) is 9.02. The second kappa shape index (κ2) is 12.0. The topological polar surface area (TPSA) is 102 Å². The van der Waals surface area contributed by atoms with Gasteiger partial charge in [0.05, 0.1) is 18.9 Å². The van der Waals surface area contributed by atoms with E-state index in [4.69, 9.17) is 13.9 Å². The second-order valence-electron chi connectivity index (χ2n) is 8.00. The summed E-state index contributed by atoms with van der Waals surface area (Å²) in [4.78, 5) is 16.6. The summed E-state index contributed by atoms with van der Waals surface area (Å²) in [6.45, 7) is 3.71. The van der Waals surface area contributed by atoms with Crippen molar-refractivity contribution in [1.82, 2.24) is 13.6 Å². The fraction of sp³-hybridized carbons (Fsp3) is 0.360. The molecule has 0 aliphatic rings. The van der Waals surface area contributed by atoms with Gasteiger partial charge in [-0.25, -0.2) is 4.98 Å². The van der Waals surface area contributed by atoms with Crippen LogP contribution in [0.25, 0.3) is 11.5 Å². The van der Waals surface area contributed by atoms with Crippen molar-refractivity contribution in [3.05, 3.63) is 71.6 Å². The molecular weight excluding hydrogens is 470 g/mol. The molecule has 0 atom stereocenters. The molecule has 188 valence electrons. The average Bonchev–Trinajstić information content (AvgIpc) is 3.20. The lowest BCUT2D eigenvalue weighted by atomic mass is 10.2. The zero-order chi connectivity index (χ0) is 25.4. The highest BCUT2D eigenvalue weighted by Gasteiger charge is 2.27. The number of nitrogens with zero attached hydrogens (tertiary/aromatic N) is 3. The van der Waals surface area contributed by atoms with Crippen LogP contribution in [0.5, 0.6) is 5.75 Å². The minimum absolute atomic E-state index is 0.000637. The molecule has 0 N–H and O–H groups in total. The Morgan fingerprint density at radius 1 is 1.09 bits per heavy atom. The van der Waals surface area contributed by atoms with Crippen molar-refractivity contribution in [1.29, 1.82) is 0 Å². The Balaban J connectivity index is 1.65. The highest BCUT2D eigenvalue weighted by atomic mass is 32.2. The first-order valence-electron chi connectivity index (χ1n) is 11.3. The van der Waals surface area contributed by atoms with Crippen molar-refractivity contribution < 1.29 is 27.1 Å². The first kappa shape index (κ1) is 26.4. The van der Waals surface area contributed by atoms with Gasteiger partial charge in [0.15, 0.2) is 0 Å². The van der Waals surface area contributed by atoms with Crippen LogP contribution in [0, 0.1) is 6.92 Å². The highest BCUT2D eigenvalue weighted by molar-refractivity contribution is 7.86. The SMILES string of the molecule is CCOC(=O)CN(Cc1cccc(OCCc2nc(-c3ccccc3)oc2C)c1)S(=O)(=O)N(C)C. The van der Waals surface area contributed by atoms with Gasteiger partial charge in [-0.15, -0.1) is 0 Å². The Morgan fingerprint density at radius 2 is 1.83 bits per heavy atom. The van der Waals surface area contributed by atoms with E-state index >= 15 is 0 Å². The summed E-state index contributed by atoms with van der Waals surface area (Å²) in [6, 6.07) is 16.8. The predicted octanol–water partition coefficient (Wildman–Crippen LogP) is 3.44. The van der Waals surface area contributed by atoms with Crippen molar-refractivity contribution in [3.63, 3.8) is 0 Å². The van der Waals surface area contributed by atoms with Gasteiger partial charge < -0.3 is 13.9 Å². The summed E-state index contributed by atoms with van der Waals surface area (Å²) < 4.78 is 44.2. The molecule has 10 heteroatoms. The van der Waals surface area contributed by atoms with Gasteiger partial charge in [0.2, 0.25) is 5.89 Å². The maximum Gasteiger partial charge on any atom is 0.321 e. The normalized spacial score (nSPS) is 11.7. The molecule has 0 amide bonds. The number of carbonyl (C=O) groups excluding carboxylic acids is 1. The lowest BCUT2D eigenvalue weighted by Gasteiger charge is -2.24. The van der Waals surface area contributed by atoms with Crippen LogP contribution in [0.3, 0.4) is 0 Å². The number of hydrogen-bond donors (Lipinski definition) is 0. The Bertz CT molecular complexity index is 1230. The quantitative estimate of drug-likeness (QED) is 0.350. The molecule has 0 bridgehead atoms.